The fourth-order valence-electron chi connectivity index (χ4n) is 3.21. The molecule has 0 aliphatic heterocycles. The number of hydrogen-bond donors (Lipinski definition) is 2. The standard InChI is InChI=1S/C22H19ClN4O3/c1-27-13-16(14-6-3-5-9-18(14)27)22(29)26-25-20(28)10-11-21-24-12-19(30-21)15-7-2-4-8-17(15)23/h2-9,12-13H,10-11H2,1H3,(H,25,28)(H,26,29). The Bertz CT molecular complexity index is 1230. The molecule has 2 aromatic heterocycles. The normalized spacial score (nSPS) is 10.9. The van der Waals surface area contributed by atoms with Crippen molar-refractivity contribution >= 4 is 34.3 Å². The first kappa shape index (κ1) is 19.7. The Labute approximate surface area is 177 Å². The highest BCUT2D eigenvalue weighted by Crippen LogP contribution is 2.28. The second-order valence-electron chi connectivity index (χ2n) is 6.77. The highest BCUT2D eigenvalue weighted by Gasteiger charge is 2.15. The lowest BCUT2D eigenvalue weighted by Gasteiger charge is -2.06. The van der Waals surface area contributed by atoms with Gasteiger partial charge in [-0.25, -0.2) is 4.98 Å². The van der Waals surface area contributed by atoms with Gasteiger partial charge in [0.1, 0.15) is 0 Å². The molecular formula is C22H19ClN4O3. The lowest BCUT2D eigenvalue weighted by Crippen LogP contribution is -2.41. The zero-order chi connectivity index (χ0) is 21.1. The van der Waals surface area contributed by atoms with Crippen molar-refractivity contribution in [1.82, 2.24) is 20.4 Å². The summed E-state index contributed by atoms with van der Waals surface area (Å²) in [5.74, 6) is 0.235. The summed E-state index contributed by atoms with van der Waals surface area (Å²) in [7, 11) is 1.87. The molecule has 8 heteroatoms. The third-order valence-electron chi connectivity index (χ3n) is 4.72. The molecule has 0 aliphatic carbocycles. The molecule has 2 N–H and O–H groups in total. The van der Waals surface area contributed by atoms with Crippen LogP contribution in [0.1, 0.15) is 22.7 Å². The highest BCUT2D eigenvalue weighted by atomic mass is 35.5. The van der Waals surface area contributed by atoms with Gasteiger partial charge < -0.3 is 8.98 Å². The minimum absolute atomic E-state index is 0.109. The fourth-order valence-corrected chi connectivity index (χ4v) is 3.44. The zero-order valence-corrected chi connectivity index (χ0v) is 16.9. The lowest BCUT2D eigenvalue weighted by atomic mass is 10.2. The first-order valence-corrected chi connectivity index (χ1v) is 9.73. The molecule has 0 bridgehead atoms. The van der Waals surface area contributed by atoms with Crippen LogP contribution in [0.4, 0.5) is 0 Å². The summed E-state index contributed by atoms with van der Waals surface area (Å²) in [6.45, 7) is 0. The van der Waals surface area contributed by atoms with Crippen LogP contribution in [0.5, 0.6) is 0 Å². The Morgan fingerprint density at radius 3 is 2.70 bits per heavy atom. The van der Waals surface area contributed by atoms with E-state index in [0.717, 1.165) is 16.5 Å². The van der Waals surface area contributed by atoms with Gasteiger partial charge in [0.2, 0.25) is 5.91 Å². The van der Waals surface area contributed by atoms with E-state index in [9.17, 15) is 9.59 Å². The molecule has 0 unspecified atom stereocenters. The molecule has 0 aliphatic rings. The smallest absolute Gasteiger partial charge is 0.271 e. The molecule has 2 heterocycles. The van der Waals surface area contributed by atoms with E-state index in [-0.39, 0.29) is 18.2 Å². The van der Waals surface area contributed by atoms with Crippen LogP contribution in [0, 0.1) is 0 Å². The minimum atomic E-state index is -0.378. The molecular weight excluding hydrogens is 404 g/mol. The van der Waals surface area contributed by atoms with Crippen LogP contribution in [0.3, 0.4) is 0 Å². The Morgan fingerprint density at radius 2 is 1.87 bits per heavy atom. The molecule has 0 atom stereocenters. The average Bonchev–Trinajstić information content (AvgIpc) is 3.36. The van der Waals surface area contributed by atoms with E-state index in [1.165, 1.54) is 0 Å². The number of aryl methyl sites for hydroxylation is 2. The monoisotopic (exact) mass is 422 g/mol. The van der Waals surface area contributed by atoms with E-state index in [1.807, 2.05) is 54.1 Å². The van der Waals surface area contributed by atoms with Crippen LogP contribution >= 0.6 is 11.6 Å². The van der Waals surface area contributed by atoms with Crippen molar-refractivity contribution < 1.29 is 14.0 Å². The summed E-state index contributed by atoms with van der Waals surface area (Å²) >= 11 is 6.16. The number of nitrogens with zero attached hydrogens (tertiary/aromatic N) is 2. The van der Waals surface area contributed by atoms with E-state index in [1.54, 1.807) is 18.5 Å². The van der Waals surface area contributed by atoms with Crippen LogP contribution in [-0.2, 0) is 18.3 Å². The molecule has 30 heavy (non-hydrogen) atoms. The molecule has 0 spiro atoms. The topological polar surface area (TPSA) is 89.2 Å². The predicted octanol–water partition coefficient (Wildman–Crippen LogP) is 3.88. The molecule has 4 rings (SSSR count). The van der Waals surface area contributed by atoms with Crippen molar-refractivity contribution in [2.24, 2.45) is 7.05 Å². The number of aromatic nitrogens is 2. The van der Waals surface area contributed by atoms with Gasteiger partial charge in [0.05, 0.1) is 16.8 Å². The van der Waals surface area contributed by atoms with Crippen molar-refractivity contribution in [3.05, 3.63) is 77.4 Å². The largest absolute Gasteiger partial charge is 0.441 e. The molecule has 152 valence electrons. The molecule has 0 saturated heterocycles. The van der Waals surface area contributed by atoms with Crippen molar-refractivity contribution in [1.29, 1.82) is 0 Å². The number of benzene rings is 2. The summed E-state index contributed by atoms with van der Waals surface area (Å²) in [4.78, 5) is 28.8. The number of para-hydroxylation sites is 1. The predicted molar refractivity (Wildman–Crippen MR) is 114 cm³/mol. The number of halogens is 1. The number of amides is 2. The number of nitrogens with one attached hydrogen (secondary N) is 2. The average molecular weight is 423 g/mol. The highest BCUT2D eigenvalue weighted by molar-refractivity contribution is 6.33. The summed E-state index contributed by atoms with van der Waals surface area (Å²) in [6.07, 6.45) is 3.71. The number of hydrazine groups is 1. The number of fused-ring (bicyclic) bond motifs is 1. The van der Waals surface area contributed by atoms with Crippen molar-refractivity contribution in [2.75, 3.05) is 0 Å². The number of rotatable bonds is 5. The Morgan fingerprint density at radius 1 is 1.10 bits per heavy atom. The van der Waals surface area contributed by atoms with Crippen molar-refractivity contribution in [2.45, 2.75) is 12.8 Å². The molecule has 4 aromatic rings. The Hall–Kier alpha value is -3.58. The van der Waals surface area contributed by atoms with Crippen LogP contribution in [0.25, 0.3) is 22.2 Å². The molecule has 0 radical (unpaired) electrons. The summed E-state index contributed by atoms with van der Waals surface area (Å²) in [6, 6.07) is 14.9. The van der Waals surface area contributed by atoms with Gasteiger partial charge in [0.25, 0.3) is 5.91 Å². The number of carbonyl (C=O) groups excluding carboxylic acids is 2. The van der Waals surface area contributed by atoms with Gasteiger partial charge in [-0.3, -0.25) is 20.4 Å². The van der Waals surface area contributed by atoms with Gasteiger partial charge in [0.15, 0.2) is 11.7 Å². The maximum Gasteiger partial charge on any atom is 0.271 e. The number of carbonyl (C=O) groups is 2. The maximum atomic E-state index is 12.5. The van der Waals surface area contributed by atoms with Crippen LogP contribution in [0.2, 0.25) is 5.02 Å². The van der Waals surface area contributed by atoms with E-state index in [4.69, 9.17) is 16.0 Å². The Kier molecular flexibility index (Phi) is 5.54. The fraction of sp³-hybridized carbons (Fsp3) is 0.136. The molecule has 0 saturated carbocycles. The van der Waals surface area contributed by atoms with E-state index in [0.29, 0.717) is 28.7 Å². The quantitative estimate of drug-likeness (QED) is 0.477. The Balaban J connectivity index is 1.32. The van der Waals surface area contributed by atoms with Gasteiger partial charge in [-0.15, -0.1) is 0 Å². The summed E-state index contributed by atoms with van der Waals surface area (Å²) < 4.78 is 7.55. The summed E-state index contributed by atoms with van der Waals surface area (Å²) in [5, 5.41) is 1.38. The van der Waals surface area contributed by atoms with E-state index >= 15 is 0 Å². The maximum absolute atomic E-state index is 12.5. The molecule has 2 aromatic carbocycles. The molecule has 2 amide bonds. The number of hydrogen-bond acceptors (Lipinski definition) is 4. The minimum Gasteiger partial charge on any atom is -0.441 e. The second kappa shape index (κ2) is 8.42. The van der Waals surface area contributed by atoms with E-state index < -0.39 is 0 Å². The third kappa shape index (κ3) is 4.06. The third-order valence-corrected chi connectivity index (χ3v) is 5.05. The first-order valence-electron chi connectivity index (χ1n) is 9.36. The van der Waals surface area contributed by atoms with Crippen LogP contribution < -0.4 is 10.9 Å². The van der Waals surface area contributed by atoms with Gasteiger partial charge in [0, 0.05) is 42.6 Å². The van der Waals surface area contributed by atoms with Gasteiger partial charge in [-0.2, -0.15) is 0 Å². The first-order chi connectivity index (χ1) is 14.5. The second-order valence-corrected chi connectivity index (χ2v) is 7.18. The van der Waals surface area contributed by atoms with Crippen LogP contribution in [-0.4, -0.2) is 21.4 Å². The SMILES string of the molecule is Cn1cc(C(=O)NNC(=O)CCc2ncc(-c3ccccc3Cl)o2)c2ccccc21. The van der Waals surface area contributed by atoms with Crippen LogP contribution in [0.15, 0.2) is 65.3 Å². The van der Waals surface area contributed by atoms with Gasteiger partial charge in [-0.1, -0.05) is 41.9 Å². The van der Waals surface area contributed by atoms with Crippen molar-refractivity contribution in [3.63, 3.8) is 0 Å². The number of oxazole rings is 1. The molecule has 7 nitrogen and oxygen atoms in total. The summed E-state index contributed by atoms with van der Waals surface area (Å²) in [5.41, 5.74) is 7.06. The van der Waals surface area contributed by atoms with Gasteiger partial charge >= 0.3 is 0 Å². The van der Waals surface area contributed by atoms with Gasteiger partial charge in [-0.05, 0) is 18.2 Å². The molecule has 0 fully saturated rings. The lowest BCUT2D eigenvalue weighted by molar-refractivity contribution is -0.121. The zero-order valence-electron chi connectivity index (χ0n) is 16.2. The van der Waals surface area contributed by atoms with E-state index in [2.05, 4.69) is 15.8 Å². The van der Waals surface area contributed by atoms with Crippen molar-refractivity contribution in [3.8, 4) is 11.3 Å².